The van der Waals surface area contributed by atoms with Crippen molar-refractivity contribution in [3.8, 4) is 0 Å². The van der Waals surface area contributed by atoms with E-state index in [9.17, 15) is 22.8 Å². The second-order valence-corrected chi connectivity index (χ2v) is 8.88. The van der Waals surface area contributed by atoms with E-state index in [1.165, 1.54) is 0 Å². The van der Waals surface area contributed by atoms with Crippen molar-refractivity contribution in [3.63, 3.8) is 0 Å². The lowest BCUT2D eigenvalue weighted by Gasteiger charge is -2.31. The van der Waals surface area contributed by atoms with Crippen molar-refractivity contribution in [1.82, 2.24) is 10.2 Å². The van der Waals surface area contributed by atoms with Crippen LogP contribution >= 0.6 is 0 Å². The highest BCUT2D eigenvalue weighted by Gasteiger charge is 2.62. The minimum absolute atomic E-state index is 0.0226. The van der Waals surface area contributed by atoms with Gasteiger partial charge in [0.2, 0.25) is 11.8 Å². The Kier molecular flexibility index (Phi) is 6.74. The molecule has 4 rings (SSSR count). The standard InChI is InChI=1S/C25H28F3N3O2/c26-25(27,28)24(12-14-30(18-24)17-19-7-2-1-3-8-19)23(33)29-16-20-9-6-10-21(15-20)31-13-5-4-11-22(31)32/h1-3,6-10,15H,4-5,11-14,16-18H2,(H,29,33). The number of likely N-dealkylation sites (tertiary alicyclic amines) is 1. The molecule has 1 N–H and O–H groups in total. The molecule has 0 spiro atoms. The number of rotatable bonds is 6. The van der Waals surface area contributed by atoms with Crippen LogP contribution in [0.15, 0.2) is 54.6 Å². The number of nitrogens with zero attached hydrogens (tertiary/aromatic N) is 2. The van der Waals surface area contributed by atoms with Gasteiger partial charge in [-0.2, -0.15) is 13.2 Å². The van der Waals surface area contributed by atoms with Gasteiger partial charge in [-0.25, -0.2) is 0 Å². The number of alkyl halides is 3. The average molecular weight is 460 g/mol. The summed E-state index contributed by atoms with van der Waals surface area (Å²) in [6.07, 6.45) is -2.64. The smallest absolute Gasteiger partial charge is 0.351 e. The maximum absolute atomic E-state index is 14.1. The van der Waals surface area contributed by atoms with Gasteiger partial charge in [-0.05, 0) is 49.1 Å². The van der Waals surface area contributed by atoms with Gasteiger partial charge in [-0.15, -0.1) is 0 Å². The minimum Gasteiger partial charge on any atom is -0.351 e. The van der Waals surface area contributed by atoms with Gasteiger partial charge in [-0.3, -0.25) is 14.5 Å². The van der Waals surface area contributed by atoms with Crippen molar-refractivity contribution in [2.45, 2.75) is 44.9 Å². The Balaban J connectivity index is 1.43. The lowest BCUT2D eigenvalue weighted by Crippen LogP contribution is -2.52. The van der Waals surface area contributed by atoms with Gasteiger partial charge in [-0.1, -0.05) is 42.5 Å². The predicted molar refractivity (Wildman–Crippen MR) is 119 cm³/mol. The van der Waals surface area contributed by atoms with E-state index >= 15 is 0 Å². The molecule has 5 nitrogen and oxygen atoms in total. The Hall–Kier alpha value is -2.87. The molecule has 2 aromatic carbocycles. The van der Waals surface area contributed by atoms with Gasteiger partial charge in [0.05, 0.1) is 0 Å². The summed E-state index contributed by atoms with van der Waals surface area (Å²) < 4.78 is 42.4. The van der Waals surface area contributed by atoms with Crippen molar-refractivity contribution in [3.05, 3.63) is 65.7 Å². The van der Waals surface area contributed by atoms with Gasteiger partial charge >= 0.3 is 6.18 Å². The lowest BCUT2D eigenvalue weighted by molar-refractivity contribution is -0.218. The maximum atomic E-state index is 14.1. The topological polar surface area (TPSA) is 52.7 Å². The molecule has 0 aliphatic carbocycles. The molecule has 2 aromatic rings. The SMILES string of the molecule is O=C1CCCCN1c1cccc(CNC(=O)C2(C(F)(F)F)CCN(Cc3ccccc3)C2)c1. The fourth-order valence-corrected chi connectivity index (χ4v) is 4.68. The number of anilines is 1. The molecular formula is C25H28F3N3O2. The Bertz CT molecular complexity index is 996. The molecule has 2 aliphatic heterocycles. The molecule has 0 bridgehead atoms. The second-order valence-electron chi connectivity index (χ2n) is 8.88. The van der Waals surface area contributed by atoms with Crippen LogP contribution in [0, 0.1) is 5.41 Å². The summed E-state index contributed by atoms with van der Waals surface area (Å²) in [6.45, 7) is 0.820. The number of halogens is 3. The molecular weight excluding hydrogens is 431 g/mol. The molecule has 2 amide bonds. The monoisotopic (exact) mass is 459 g/mol. The molecule has 176 valence electrons. The molecule has 8 heteroatoms. The zero-order chi connectivity index (χ0) is 23.5. The Morgan fingerprint density at radius 2 is 1.76 bits per heavy atom. The van der Waals surface area contributed by atoms with E-state index in [1.807, 2.05) is 36.4 Å². The summed E-state index contributed by atoms with van der Waals surface area (Å²) in [5.41, 5.74) is -0.134. The highest BCUT2D eigenvalue weighted by Crippen LogP contribution is 2.46. The number of benzene rings is 2. The summed E-state index contributed by atoms with van der Waals surface area (Å²) in [5, 5.41) is 2.53. The van der Waals surface area contributed by atoms with E-state index in [4.69, 9.17) is 0 Å². The fourth-order valence-electron chi connectivity index (χ4n) is 4.68. The van der Waals surface area contributed by atoms with Crippen molar-refractivity contribution in [2.24, 2.45) is 5.41 Å². The number of hydrogen-bond acceptors (Lipinski definition) is 3. The highest BCUT2D eigenvalue weighted by molar-refractivity contribution is 5.94. The van der Waals surface area contributed by atoms with Crippen LogP contribution in [0.1, 0.15) is 36.8 Å². The van der Waals surface area contributed by atoms with Crippen molar-refractivity contribution in [1.29, 1.82) is 0 Å². The third-order valence-corrected chi connectivity index (χ3v) is 6.57. The molecule has 2 saturated heterocycles. The van der Waals surface area contributed by atoms with Crippen LogP contribution in [0.2, 0.25) is 0 Å². The van der Waals surface area contributed by atoms with Crippen LogP contribution in [-0.4, -0.2) is 42.5 Å². The lowest BCUT2D eigenvalue weighted by atomic mass is 9.85. The van der Waals surface area contributed by atoms with E-state index in [2.05, 4.69) is 5.32 Å². The number of nitrogens with one attached hydrogen (secondary N) is 1. The van der Waals surface area contributed by atoms with E-state index in [-0.39, 0.29) is 32.0 Å². The predicted octanol–water partition coefficient (Wildman–Crippen LogP) is 4.27. The largest absolute Gasteiger partial charge is 0.404 e. The minimum atomic E-state index is -4.65. The normalized spacial score (nSPS) is 21.9. The number of amides is 2. The molecule has 0 aromatic heterocycles. The Morgan fingerprint density at radius 3 is 2.48 bits per heavy atom. The highest BCUT2D eigenvalue weighted by atomic mass is 19.4. The van der Waals surface area contributed by atoms with E-state index in [1.54, 1.807) is 28.0 Å². The molecule has 33 heavy (non-hydrogen) atoms. The van der Waals surface area contributed by atoms with Crippen LogP contribution in [0.25, 0.3) is 0 Å². The van der Waals surface area contributed by atoms with Crippen LogP contribution in [0.4, 0.5) is 18.9 Å². The van der Waals surface area contributed by atoms with Crippen molar-refractivity contribution >= 4 is 17.5 Å². The summed E-state index contributed by atoms with van der Waals surface area (Å²) in [6, 6.07) is 16.4. The first-order valence-corrected chi connectivity index (χ1v) is 11.3. The average Bonchev–Trinajstić information content (AvgIpc) is 3.24. The summed E-state index contributed by atoms with van der Waals surface area (Å²) in [4.78, 5) is 28.5. The third-order valence-electron chi connectivity index (χ3n) is 6.57. The summed E-state index contributed by atoms with van der Waals surface area (Å²) in [7, 11) is 0. The Morgan fingerprint density at radius 1 is 1.00 bits per heavy atom. The van der Waals surface area contributed by atoms with E-state index in [0.29, 0.717) is 30.8 Å². The van der Waals surface area contributed by atoms with Crippen molar-refractivity contribution in [2.75, 3.05) is 24.5 Å². The van der Waals surface area contributed by atoms with Gasteiger partial charge in [0.15, 0.2) is 5.41 Å². The second kappa shape index (κ2) is 9.55. The first-order chi connectivity index (χ1) is 15.8. The Labute approximate surface area is 191 Å². The van der Waals surface area contributed by atoms with Crippen molar-refractivity contribution < 1.29 is 22.8 Å². The van der Waals surface area contributed by atoms with Crippen LogP contribution in [0.5, 0.6) is 0 Å². The fraction of sp³-hybridized carbons (Fsp3) is 0.440. The van der Waals surface area contributed by atoms with Gasteiger partial charge in [0.25, 0.3) is 0 Å². The number of carbonyl (C=O) groups is 2. The van der Waals surface area contributed by atoms with Gasteiger partial charge in [0.1, 0.15) is 0 Å². The first-order valence-electron chi connectivity index (χ1n) is 11.3. The molecule has 2 fully saturated rings. The quantitative estimate of drug-likeness (QED) is 0.702. The van der Waals surface area contributed by atoms with Crippen LogP contribution in [0.3, 0.4) is 0 Å². The van der Waals surface area contributed by atoms with Crippen LogP contribution < -0.4 is 10.2 Å². The number of piperidine rings is 1. The molecule has 2 heterocycles. The molecule has 0 saturated carbocycles. The molecule has 1 atom stereocenters. The summed E-state index contributed by atoms with van der Waals surface area (Å²) >= 11 is 0. The third kappa shape index (κ3) is 5.05. The zero-order valence-corrected chi connectivity index (χ0v) is 18.4. The maximum Gasteiger partial charge on any atom is 0.404 e. The number of hydrogen-bond donors (Lipinski definition) is 1. The number of carbonyl (C=O) groups excluding carboxylic acids is 2. The molecule has 1 unspecified atom stereocenters. The van der Waals surface area contributed by atoms with Gasteiger partial charge in [0, 0.05) is 38.3 Å². The summed E-state index contributed by atoms with van der Waals surface area (Å²) in [5.74, 6) is -0.951. The van der Waals surface area contributed by atoms with Crippen LogP contribution in [-0.2, 0) is 22.7 Å². The van der Waals surface area contributed by atoms with E-state index in [0.717, 1.165) is 18.4 Å². The molecule has 0 radical (unpaired) electrons. The molecule has 2 aliphatic rings. The first kappa shape index (κ1) is 23.3. The zero-order valence-electron chi connectivity index (χ0n) is 18.4. The van der Waals surface area contributed by atoms with E-state index < -0.39 is 17.5 Å². The van der Waals surface area contributed by atoms with Gasteiger partial charge < -0.3 is 10.2 Å².